The minimum Gasteiger partial charge on any atom is -0.390 e. The zero-order valence-electron chi connectivity index (χ0n) is 56.7. The van der Waals surface area contributed by atoms with E-state index in [9.17, 15) is 48.3 Å². The van der Waals surface area contributed by atoms with Crippen LogP contribution in [0.5, 0.6) is 0 Å². The monoisotopic (exact) mass is 1200 g/mol. The topological polar surface area (TPSA) is 243 Å². The molecule has 486 valence electrons. The minimum absolute atomic E-state index is 0.0648. The molecule has 20 nitrogen and oxygen atoms in total. The van der Waals surface area contributed by atoms with Gasteiger partial charge >= 0.3 is 0 Å². The SMILES string of the molecule is C/C=C/C[C@@H](C)[C@@H](O)[C@H]1C(=O)C[C@@H](CC)C(=O)N(C)CC(=O)N(C)[C@@H](CC(C)C)C(=O)C[C@@H](C(C)C)C(=O)N(C)[C@@H](CC(C)C)C(=O)C[C@@H](C)C(=O)N[C@H](C)C(=O)N(C)[C@@H](CC(C)C)C(=O)N(C)C(CC(C)C)C(=O)N(C)[C@@H](C(C)C)C(=O)N1C. The van der Waals surface area contributed by atoms with Crippen LogP contribution >= 0.6 is 0 Å². The zero-order valence-corrected chi connectivity index (χ0v) is 56.7. The van der Waals surface area contributed by atoms with Gasteiger partial charge in [-0.1, -0.05) is 116 Å². The average molecular weight is 1200 g/mol. The van der Waals surface area contributed by atoms with Gasteiger partial charge in [0, 0.05) is 86.3 Å². The second kappa shape index (κ2) is 35.3. The summed E-state index contributed by atoms with van der Waals surface area (Å²) < 4.78 is 0. The number of hydrogen-bond donors (Lipinski definition) is 2. The number of aliphatic hydroxyl groups is 1. The largest absolute Gasteiger partial charge is 0.390 e. The van der Waals surface area contributed by atoms with Crippen LogP contribution in [-0.2, 0) is 52.7 Å². The summed E-state index contributed by atoms with van der Waals surface area (Å²) in [5, 5.41) is 14.9. The average Bonchev–Trinajstić information content (AvgIpc) is 3.62. The first-order valence-corrected chi connectivity index (χ1v) is 31.2. The van der Waals surface area contributed by atoms with E-state index in [2.05, 4.69) is 5.32 Å². The highest BCUT2D eigenvalue weighted by molar-refractivity contribution is 5.99. The van der Waals surface area contributed by atoms with Gasteiger partial charge in [0.15, 0.2) is 17.3 Å². The van der Waals surface area contributed by atoms with Gasteiger partial charge in [0.1, 0.15) is 30.2 Å². The quantitative estimate of drug-likeness (QED) is 0.166. The van der Waals surface area contributed by atoms with Crippen molar-refractivity contribution in [3.8, 4) is 0 Å². The molecule has 2 N–H and O–H groups in total. The fourth-order valence-electron chi connectivity index (χ4n) is 11.5. The number of rotatable bonds is 15. The maximum Gasteiger partial charge on any atom is 0.246 e. The molecule has 12 atom stereocenters. The Morgan fingerprint density at radius 3 is 1.36 bits per heavy atom. The van der Waals surface area contributed by atoms with Crippen LogP contribution < -0.4 is 5.32 Å². The van der Waals surface area contributed by atoms with E-state index < -0.39 is 144 Å². The summed E-state index contributed by atoms with van der Waals surface area (Å²) in [6.45, 7) is 30.1. The van der Waals surface area contributed by atoms with Crippen molar-refractivity contribution < 1.29 is 57.8 Å². The predicted molar refractivity (Wildman–Crippen MR) is 332 cm³/mol. The van der Waals surface area contributed by atoms with Crippen molar-refractivity contribution in [1.29, 1.82) is 0 Å². The van der Waals surface area contributed by atoms with E-state index in [-0.39, 0.29) is 86.1 Å². The fourth-order valence-corrected chi connectivity index (χ4v) is 11.5. The van der Waals surface area contributed by atoms with Crippen LogP contribution in [0.25, 0.3) is 0 Å². The summed E-state index contributed by atoms with van der Waals surface area (Å²) in [6, 6.07) is -8.09. The smallest absolute Gasteiger partial charge is 0.246 e. The van der Waals surface area contributed by atoms with E-state index in [0.717, 1.165) is 4.90 Å². The number of hydrogen-bond acceptors (Lipinski definition) is 12. The Kier molecular flexibility index (Phi) is 32.2. The molecule has 1 fully saturated rings. The van der Waals surface area contributed by atoms with Crippen molar-refractivity contribution >= 4 is 64.6 Å². The van der Waals surface area contributed by atoms with E-state index in [4.69, 9.17) is 0 Å². The highest BCUT2D eigenvalue weighted by atomic mass is 16.3. The molecule has 0 saturated carbocycles. The molecular formula is C65H114N8O12. The summed E-state index contributed by atoms with van der Waals surface area (Å²) in [6.07, 6.45) is 2.59. The van der Waals surface area contributed by atoms with E-state index in [1.807, 2.05) is 68.4 Å². The number of amides is 8. The second-order valence-electron chi connectivity index (χ2n) is 27.0. The number of nitrogens with one attached hydrogen (secondary N) is 1. The van der Waals surface area contributed by atoms with Crippen molar-refractivity contribution in [3.05, 3.63) is 12.2 Å². The normalized spacial score (nSPS) is 27.2. The standard InChI is InChI=1S/C65H114N8O12/c1-25-27-28-43(15)58(78)57-54(76)34-46(26-2)61(81)67(18)36-55(77)68(19)48(29-37(3)4)53(75)35-47(41(11)12)62(82)69(20)49(30-38(5)6)52(74)33-44(16)59(79)66-45(17)60(80)70(21)50(31-39(7)8)63(83)71(22)51(32-40(9)10)64(84)72(23)56(42(13)14)65(85)73(57)24/h25,27,37-51,56-58,78H,26,28-36H2,1-24H3,(H,66,79)/b27-25+/t43-,44-,45-,46-,47+,48+,49+,50+,51?,56+,57-,58-/m1/s1. The molecule has 0 aromatic heterocycles. The highest BCUT2D eigenvalue weighted by Gasteiger charge is 2.45. The molecule has 0 radical (unpaired) electrons. The van der Waals surface area contributed by atoms with Gasteiger partial charge in [-0.15, -0.1) is 0 Å². The predicted octanol–water partition coefficient (Wildman–Crippen LogP) is 6.54. The lowest BCUT2D eigenvalue weighted by molar-refractivity contribution is -0.157. The first-order valence-electron chi connectivity index (χ1n) is 31.2. The van der Waals surface area contributed by atoms with Gasteiger partial charge in [-0.05, 0) is 93.8 Å². The molecule has 1 saturated heterocycles. The first kappa shape index (κ1) is 77.5. The molecule has 0 bridgehead atoms. The van der Waals surface area contributed by atoms with Crippen LogP contribution in [0.3, 0.4) is 0 Å². The van der Waals surface area contributed by atoms with Gasteiger partial charge in [0.05, 0.1) is 24.7 Å². The number of aliphatic hydroxyl groups excluding tert-OH is 1. The second-order valence-corrected chi connectivity index (χ2v) is 27.0. The molecular weight excluding hydrogens is 1080 g/mol. The number of ketones is 3. The number of carbonyl (C=O) groups is 11. The Hall–Kier alpha value is -5.53. The summed E-state index contributed by atoms with van der Waals surface area (Å²) in [5.41, 5.74) is 0. The van der Waals surface area contributed by atoms with E-state index in [0.29, 0.717) is 6.42 Å². The molecule has 8 amide bonds. The Bertz CT molecular complexity index is 2320. The molecule has 1 rings (SSSR count). The Balaban J connectivity index is 4.32. The Morgan fingerprint density at radius 2 is 0.918 bits per heavy atom. The van der Waals surface area contributed by atoms with Crippen LogP contribution in [0.4, 0.5) is 0 Å². The Morgan fingerprint density at radius 1 is 0.494 bits per heavy atom. The first-order chi connectivity index (χ1) is 39.2. The van der Waals surface area contributed by atoms with Crippen molar-refractivity contribution in [2.45, 2.75) is 224 Å². The molecule has 1 heterocycles. The van der Waals surface area contributed by atoms with Crippen molar-refractivity contribution in [1.82, 2.24) is 39.6 Å². The van der Waals surface area contributed by atoms with Crippen molar-refractivity contribution in [2.75, 3.05) is 55.9 Å². The molecule has 1 unspecified atom stereocenters. The zero-order chi connectivity index (χ0) is 66.0. The molecule has 1 aliphatic heterocycles. The summed E-state index contributed by atoms with van der Waals surface area (Å²) >= 11 is 0. The minimum atomic E-state index is -1.49. The third-order valence-electron chi connectivity index (χ3n) is 17.1. The van der Waals surface area contributed by atoms with Crippen LogP contribution in [0.2, 0.25) is 0 Å². The summed E-state index contributed by atoms with van der Waals surface area (Å²) in [4.78, 5) is 170. The van der Waals surface area contributed by atoms with E-state index in [1.54, 1.807) is 54.5 Å². The molecule has 85 heavy (non-hydrogen) atoms. The number of carbonyl (C=O) groups excluding carboxylic acids is 11. The van der Waals surface area contributed by atoms with Gasteiger partial charge in [-0.2, -0.15) is 0 Å². The number of Topliss-reactive ketones (excluding diaryl/α,β-unsaturated/α-hetero) is 3. The number of allylic oxidation sites excluding steroid dienone is 2. The van der Waals surface area contributed by atoms with E-state index >= 15 is 9.59 Å². The molecule has 0 spiro atoms. The van der Waals surface area contributed by atoms with Crippen LogP contribution in [0.1, 0.15) is 175 Å². The third-order valence-corrected chi connectivity index (χ3v) is 17.1. The summed E-state index contributed by atoms with van der Waals surface area (Å²) in [7, 11) is 10.2. The van der Waals surface area contributed by atoms with Crippen LogP contribution in [0, 0.1) is 59.2 Å². The lowest BCUT2D eigenvalue weighted by Crippen LogP contribution is -2.61. The van der Waals surface area contributed by atoms with Crippen LogP contribution in [0.15, 0.2) is 12.2 Å². The van der Waals surface area contributed by atoms with Gasteiger partial charge in [0.25, 0.3) is 0 Å². The molecule has 20 heteroatoms. The van der Waals surface area contributed by atoms with E-state index in [1.165, 1.54) is 85.7 Å². The highest BCUT2D eigenvalue weighted by Crippen LogP contribution is 2.29. The maximum absolute atomic E-state index is 15.2. The molecule has 0 aromatic carbocycles. The lowest BCUT2D eigenvalue weighted by atomic mass is 9.84. The number of likely N-dealkylation sites (N-methyl/N-ethyl adjacent to an activating group) is 7. The number of nitrogens with zero attached hydrogens (tertiary/aromatic N) is 7. The maximum atomic E-state index is 15.2. The van der Waals surface area contributed by atoms with Gasteiger partial charge in [0.2, 0.25) is 47.3 Å². The van der Waals surface area contributed by atoms with Crippen molar-refractivity contribution in [3.63, 3.8) is 0 Å². The van der Waals surface area contributed by atoms with Gasteiger partial charge < -0.3 is 44.7 Å². The summed E-state index contributed by atoms with van der Waals surface area (Å²) in [5.74, 6) is -10.7. The van der Waals surface area contributed by atoms with Gasteiger partial charge in [-0.25, -0.2) is 0 Å². The molecule has 1 aliphatic rings. The Labute approximate surface area is 511 Å². The molecule has 0 aliphatic carbocycles. The van der Waals surface area contributed by atoms with Gasteiger partial charge in [-0.3, -0.25) is 52.7 Å². The lowest BCUT2D eigenvalue weighted by Gasteiger charge is -2.41. The van der Waals surface area contributed by atoms with Crippen LogP contribution in [-0.4, -0.2) is 208 Å². The fraction of sp³-hybridized carbons (Fsp3) is 0.800. The third kappa shape index (κ3) is 22.0. The molecule has 0 aromatic rings. The van der Waals surface area contributed by atoms with Crippen molar-refractivity contribution in [2.24, 2.45) is 59.2 Å².